The van der Waals surface area contributed by atoms with Crippen molar-refractivity contribution in [1.82, 2.24) is 19.4 Å². The van der Waals surface area contributed by atoms with Crippen molar-refractivity contribution in [3.63, 3.8) is 0 Å². The lowest BCUT2D eigenvalue weighted by atomic mass is 10.3. The van der Waals surface area contributed by atoms with Crippen LogP contribution in [0.4, 0.5) is 0 Å². The fraction of sp³-hybridized carbons (Fsp3) is 0.600. The first-order valence-corrected chi connectivity index (χ1v) is 7.40. The van der Waals surface area contributed by atoms with Gasteiger partial charge in [-0.25, -0.2) is 9.97 Å². The Balaban J connectivity index is 2.05. The fourth-order valence-electron chi connectivity index (χ4n) is 3.13. The molecule has 5 heteroatoms. The van der Waals surface area contributed by atoms with Gasteiger partial charge in [0.05, 0.1) is 12.8 Å². The lowest BCUT2D eigenvalue weighted by Crippen LogP contribution is -2.28. The summed E-state index contributed by atoms with van der Waals surface area (Å²) in [7, 11) is 1.74. The number of ether oxygens (including phenoxy) is 1. The molecule has 0 N–H and O–H groups in total. The van der Waals surface area contributed by atoms with E-state index in [1.165, 1.54) is 12.8 Å². The first kappa shape index (κ1) is 13.5. The summed E-state index contributed by atoms with van der Waals surface area (Å²) in [5.74, 6) is 1.09. The molecule has 0 aromatic carbocycles. The van der Waals surface area contributed by atoms with Crippen LogP contribution in [0.15, 0.2) is 18.3 Å². The Labute approximate surface area is 119 Å². The first-order valence-electron chi connectivity index (χ1n) is 7.40. The maximum absolute atomic E-state index is 5.23. The summed E-state index contributed by atoms with van der Waals surface area (Å²) in [6, 6.07) is 3.99. The predicted octanol–water partition coefficient (Wildman–Crippen LogP) is 2.23. The molecule has 3 rings (SSSR count). The van der Waals surface area contributed by atoms with Crippen LogP contribution in [0.25, 0.3) is 11.2 Å². The van der Waals surface area contributed by atoms with Gasteiger partial charge in [-0.1, -0.05) is 6.92 Å². The van der Waals surface area contributed by atoms with Gasteiger partial charge >= 0.3 is 0 Å². The van der Waals surface area contributed by atoms with Gasteiger partial charge in [0.15, 0.2) is 5.65 Å². The van der Waals surface area contributed by atoms with Gasteiger partial charge in [-0.05, 0) is 31.5 Å². The number of hydrogen-bond acceptors (Lipinski definition) is 4. The molecule has 1 aliphatic rings. The maximum atomic E-state index is 5.23. The molecular formula is C15H22N4O. The lowest BCUT2D eigenvalue weighted by Gasteiger charge is -2.25. The van der Waals surface area contributed by atoms with Gasteiger partial charge < -0.3 is 4.74 Å². The van der Waals surface area contributed by atoms with Crippen molar-refractivity contribution in [3.8, 4) is 0 Å². The molecule has 3 heterocycles. The van der Waals surface area contributed by atoms with Crippen LogP contribution < -0.4 is 0 Å². The van der Waals surface area contributed by atoms with E-state index in [9.17, 15) is 0 Å². The lowest BCUT2D eigenvalue weighted by molar-refractivity contribution is 0.185. The van der Waals surface area contributed by atoms with Gasteiger partial charge in [0, 0.05) is 26.3 Å². The average Bonchev–Trinajstić information content (AvgIpc) is 3.07. The topological polar surface area (TPSA) is 43.2 Å². The number of nitrogens with zero attached hydrogens (tertiary/aromatic N) is 4. The molecule has 1 atom stereocenters. The van der Waals surface area contributed by atoms with E-state index >= 15 is 0 Å². The largest absolute Gasteiger partial charge is 0.384 e. The molecule has 0 aliphatic carbocycles. The zero-order valence-electron chi connectivity index (χ0n) is 12.2. The van der Waals surface area contributed by atoms with E-state index in [0.29, 0.717) is 12.8 Å². The number of fused-ring (bicyclic) bond motifs is 1. The highest BCUT2D eigenvalue weighted by Crippen LogP contribution is 2.30. The summed E-state index contributed by atoms with van der Waals surface area (Å²) in [6.07, 6.45) is 5.50. The van der Waals surface area contributed by atoms with Crippen LogP contribution in [-0.4, -0.2) is 46.2 Å². The molecule has 1 unspecified atom stereocenters. The van der Waals surface area contributed by atoms with Crippen LogP contribution >= 0.6 is 0 Å². The zero-order chi connectivity index (χ0) is 13.9. The number of aromatic nitrogens is 3. The fourth-order valence-corrected chi connectivity index (χ4v) is 3.13. The molecular weight excluding hydrogens is 252 g/mol. The molecule has 5 nitrogen and oxygen atoms in total. The van der Waals surface area contributed by atoms with Crippen LogP contribution in [0.5, 0.6) is 0 Å². The van der Waals surface area contributed by atoms with E-state index in [2.05, 4.69) is 21.4 Å². The molecule has 0 spiro atoms. The molecule has 0 amide bonds. The number of likely N-dealkylation sites (tertiary alicyclic amines) is 1. The molecule has 20 heavy (non-hydrogen) atoms. The molecule has 1 saturated heterocycles. The molecule has 1 fully saturated rings. The Morgan fingerprint density at radius 2 is 2.35 bits per heavy atom. The minimum absolute atomic E-state index is 0.395. The molecule has 2 aromatic rings. The Bertz CT molecular complexity index is 580. The maximum Gasteiger partial charge on any atom is 0.161 e. The van der Waals surface area contributed by atoms with Crippen molar-refractivity contribution in [2.75, 3.05) is 26.8 Å². The molecule has 0 bridgehead atoms. The Hall–Kier alpha value is -1.46. The average molecular weight is 274 g/mol. The summed E-state index contributed by atoms with van der Waals surface area (Å²) in [4.78, 5) is 11.8. The number of hydrogen-bond donors (Lipinski definition) is 0. The highest BCUT2D eigenvalue weighted by atomic mass is 16.5. The first-order chi connectivity index (χ1) is 9.85. The molecule has 0 saturated carbocycles. The van der Waals surface area contributed by atoms with E-state index in [4.69, 9.17) is 9.72 Å². The Morgan fingerprint density at radius 3 is 3.15 bits per heavy atom. The van der Waals surface area contributed by atoms with Gasteiger partial charge in [-0.15, -0.1) is 0 Å². The highest BCUT2D eigenvalue weighted by molar-refractivity contribution is 5.71. The van der Waals surface area contributed by atoms with Crippen molar-refractivity contribution in [2.45, 2.75) is 32.4 Å². The standard InChI is InChI=1S/C15H22N4O/c1-3-18-10-5-7-14(18)19-13(8-11-20-2)17-12-6-4-9-16-15(12)19/h4,6,9,14H,3,5,7-8,10-11H2,1-2H3. The molecule has 108 valence electrons. The van der Waals surface area contributed by atoms with E-state index in [1.54, 1.807) is 7.11 Å². The van der Waals surface area contributed by atoms with Gasteiger partial charge in [0.2, 0.25) is 0 Å². The van der Waals surface area contributed by atoms with Gasteiger partial charge in [0.1, 0.15) is 11.3 Å². The smallest absolute Gasteiger partial charge is 0.161 e. The van der Waals surface area contributed by atoms with Crippen molar-refractivity contribution < 1.29 is 4.74 Å². The van der Waals surface area contributed by atoms with E-state index in [1.807, 2.05) is 18.3 Å². The second kappa shape index (κ2) is 5.89. The summed E-state index contributed by atoms with van der Waals surface area (Å²) in [6.45, 7) is 5.15. The monoisotopic (exact) mass is 274 g/mol. The van der Waals surface area contributed by atoms with E-state index < -0.39 is 0 Å². The third-order valence-corrected chi connectivity index (χ3v) is 4.09. The minimum Gasteiger partial charge on any atom is -0.384 e. The Morgan fingerprint density at radius 1 is 1.45 bits per heavy atom. The van der Waals surface area contributed by atoms with Crippen molar-refractivity contribution in [3.05, 3.63) is 24.2 Å². The van der Waals surface area contributed by atoms with Crippen molar-refractivity contribution >= 4 is 11.2 Å². The predicted molar refractivity (Wildman–Crippen MR) is 78.6 cm³/mol. The normalized spacial score (nSPS) is 20.0. The van der Waals surface area contributed by atoms with Crippen molar-refractivity contribution in [2.24, 2.45) is 0 Å². The quantitative estimate of drug-likeness (QED) is 0.838. The Kier molecular flexibility index (Phi) is 3.98. The van der Waals surface area contributed by atoms with Gasteiger partial charge in [-0.2, -0.15) is 0 Å². The SMILES string of the molecule is CCN1CCCC1n1c(CCOC)nc2cccnc21. The second-order valence-electron chi connectivity index (χ2n) is 5.24. The number of methoxy groups -OCH3 is 1. The van der Waals surface area contributed by atoms with Crippen LogP contribution in [0.1, 0.15) is 31.8 Å². The molecule has 1 aliphatic heterocycles. The number of imidazole rings is 1. The zero-order valence-corrected chi connectivity index (χ0v) is 12.2. The van der Waals surface area contributed by atoms with Crippen LogP contribution in [0, 0.1) is 0 Å². The van der Waals surface area contributed by atoms with Crippen molar-refractivity contribution in [1.29, 1.82) is 0 Å². The van der Waals surface area contributed by atoms with Crippen LogP contribution in [-0.2, 0) is 11.2 Å². The summed E-state index contributed by atoms with van der Waals surface area (Å²) in [5, 5.41) is 0. The second-order valence-corrected chi connectivity index (χ2v) is 5.24. The summed E-state index contributed by atoms with van der Waals surface area (Å²) in [5.41, 5.74) is 1.99. The third-order valence-electron chi connectivity index (χ3n) is 4.09. The number of rotatable bonds is 5. The minimum atomic E-state index is 0.395. The van der Waals surface area contributed by atoms with E-state index in [-0.39, 0.29) is 0 Å². The van der Waals surface area contributed by atoms with E-state index in [0.717, 1.165) is 36.5 Å². The summed E-state index contributed by atoms with van der Waals surface area (Å²) >= 11 is 0. The number of pyridine rings is 1. The highest BCUT2D eigenvalue weighted by Gasteiger charge is 2.28. The molecule has 0 radical (unpaired) electrons. The third kappa shape index (κ3) is 2.31. The molecule has 2 aromatic heterocycles. The van der Waals surface area contributed by atoms with Crippen LogP contribution in [0.3, 0.4) is 0 Å². The summed E-state index contributed by atoms with van der Waals surface area (Å²) < 4.78 is 7.55. The van der Waals surface area contributed by atoms with Gasteiger partial charge in [0.25, 0.3) is 0 Å². The van der Waals surface area contributed by atoms with Gasteiger partial charge in [-0.3, -0.25) is 9.47 Å². The van der Waals surface area contributed by atoms with Crippen LogP contribution in [0.2, 0.25) is 0 Å².